The van der Waals surface area contributed by atoms with Crippen LogP contribution < -0.4 is 12.4 Å². The Morgan fingerprint density at radius 2 is 1.07 bits per heavy atom. The van der Waals surface area contributed by atoms with Crippen molar-refractivity contribution in [2.24, 2.45) is 0 Å². The zero-order valence-electron chi connectivity index (χ0n) is 27.1. The molecule has 0 aliphatic heterocycles. The normalized spacial score (nSPS) is 13.0. The van der Waals surface area contributed by atoms with Gasteiger partial charge in [0.05, 0.1) is 46.1 Å². The molecule has 3 aromatic carbocycles. The predicted molar refractivity (Wildman–Crippen MR) is 185 cm³/mol. The molecule has 0 spiro atoms. The highest BCUT2D eigenvalue weighted by molar-refractivity contribution is 9.10. The highest BCUT2D eigenvalue weighted by Crippen LogP contribution is 2.54. The van der Waals surface area contributed by atoms with Crippen LogP contribution in [0.15, 0.2) is 75.7 Å². The molecule has 0 saturated carbocycles. The molecule has 0 unspecified atom stereocenters. The maximum atomic E-state index is 5.89. The van der Waals surface area contributed by atoms with E-state index in [-0.39, 0.29) is 17.8 Å². The van der Waals surface area contributed by atoms with E-state index in [0.717, 1.165) is 21.8 Å². The van der Waals surface area contributed by atoms with E-state index in [1.807, 2.05) is 0 Å². The van der Waals surface area contributed by atoms with Crippen molar-refractivity contribution >= 4 is 31.9 Å². The van der Waals surface area contributed by atoms with Gasteiger partial charge >= 0.3 is 0 Å². The van der Waals surface area contributed by atoms with Crippen LogP contribution in [-0.4, -0.2) is 78.0 Å². The van der Waals surface area contributed by atoms with Gasteiger partial charge in [-0.05, 0) is 80.1 Å². The number of hydrogen-bond donors (Lipinski definition) is 0. The molecule has 0 fully saturated rings. The number of halogens is 3. The number of quaternary nitrogens is 1. The summed E-state index contributed by atoms with van der Waals surface area (Å²) in [4.78, 5) is 0. The largest absolute Gasteiger partial charge is 1.00 e. The van der Waals surface area contributed by atoms with Gasteiger partial charge in [-0.1, -0.05) is 74.3 Å². The molecule has 0 bridgehead atoms. The Bertz CT molecular complexity index is 1160. The van der Waals surface area contributed by atoms with Gasteiger partial charge in [-0.2, -0.15) is 0 Å². The maximum Gasteiger partial charge on any atom is 0.104 e. The average Bonchev–Trinajstić information content (AvgIpc) is 3.28. The van der Waals surface area contributed by atoms with E-state index < -0.39 is 0 Å². The van der Waals surface area contributed by atoms with Crippen molar-refractivity contribution in [1.82, 2.24) is 0 Å². The molecule has 0 aromatic heterocycles. The SMILES string of the molecule is CC[N+](CC)(CC)Cc1ccccc1.COCCOCCC1(CCOCCOC)c2cc(Br)ccc2-c2ccc(Br)cc21.[Cl-]. The summed E-state index contributed by atoms with van der Waals surface area (Å²) in [7, 11) is 3.39. The lowest BCUT2D eigenvalue weighted by Crippen LogP contribution is -3.00. The Morgan fingerprint density at radius 3 is 1.48 bits per heavy atom. The quantitative estimate of drug-likeness (QED) is 0.132. The van der Waals surface area contributed by atoms with Crippen molar-refractivity contribution in [2.75, 3.05) is 73.5 Å². The van der Waals surface area contributed by atoms with Gasteiger partial charge < -0.3 is 35.8 Å². The number of ether oxygens (including phenoxy) is 4. The van der Waals surface area contributed by atoms with Crippen molar-refractivity contribution in [2.45, 2.75) is 45.6 Å². The van der Waals surface area contributed by atoms with Gasteiger partial charge in [0, 0.05) is 47.4 Å². The minimum atomic E-state index is -0.154. The van der Waals surface area contributed by atoms with Crippen LogP contribution in [-0.2, 0) is 30.9 Å². The summed E-state index contributed by atoms with van der Waals surface area (Å²) in [6, 6.07) is 24.0. The van der Waals surface area contributed by atoms with Crippen molar-refractivity contribution < 1.29 is 35.8 Å². The van der Waals surface area contributed by atoms with Crippen molar-refractivity contribution in [1.29, 1.82) is 0 Å². The fourth-order valence-corrected chi connectivity index (χ4v) is 6.78. The van der Waals surface area contributed by atoms with E-state index in [2.05, 4.69) is 119 Å². The van der Waals surface area contributed by atoms with Gasteiger partial charge in [0.2, 0.25) is 0 Å². The molecule has 44 heavy (non-hydrogen) atoms. The van der Waals surface area contributed by atoms with Crippen LogP contribution in [0.5, 0.6) is 0 Å². The Labute approximate surface area is 288 Å². The maximum absolute atomic E-state index is 5.89. The smallest absolute Gasteiger partial charge is 0.104 e. The number of nitrogens with zero attached hydrogens (tertiary/aromatic N) is 1. The van der Waals surface area contributed by atoms with Crippen LogP contribution >= 0.6 is 31.9 Å². The third-order valence-corrected chi connectivity index (χ3v) is 9.85. The van der Waals surface area contributed by atoms with Crippen LogP contribution in [0.25, 0.3) is 11.1 Å². The molecule has 0 saturated heterocycles. The molecular formula is C36H50Br2ClNO4. The third kappa shape index (κ3) is 10.4. The van der Waals surface area contributed by atoms with Crippen LogP contribution in [0.2, 0.25) is 0 Å². The molecule has 0 atom stereocenters. The first-order valence-electron chi connectivity index (χ1n) is 15.5. The van der Waals surface area contributed by atoms with Crippen LogP contribution in [0, 0.1) is 0 Å². The molecule has 0 amide bonds. The standard InChI is InChI=1S/C23H28Br2O4.C13H22N.ClH/c1-26-11-13-28-9-7-23(8-10-29-14-12-27-2)21-15-17(24)3-5-19(21)20-6-4-18(25)16-22(20)23;1-4-14(5-2,6-3)12-13-10-8-7-9-11-13;/h3-6,15-16H,7-14H2,1-2H3;7-11H,4-6,12H2,1-3H3;1H/q;+1;/p-1. The summed E-state index contributed by atoms with van der Waals surface area (Å²) in [5.41, 5.74) is 6.57. The van der Waals surface area contributed by atoms with Crippen molar-refractivity contribution in [3.05, 3.63) is 92.4 Å². The van der Waals surface area contributed by atoms with Gasteiger partial charge in [-0.15, -0.1) is 0 Å². The monoisotopic (exact) mass is 753 g/mol. The lowest BCUT2D eigenvalue weighted by atomic mass is 9.73. The van der Waals surface area contributed by atoms with Crippen LogP contribution in [0.1, 0.15) is 50.3 Å². The van der Waals surface area contributed by atoms with E-state index in [1.54, 1.807) is 14.2 Å². The second kappa shape index (κ2) is 20.1. The van der Waals surface area contributed by atoms with E-state index in [9.17, 15) is 0 Å². The van der Waals surface area contributed by atoms with Crippen molar-refractivity contribution in [3.63, 3.8) is 0 Å². The summed E-state index contributed by atoms with van der Waals surface area (Å²) in [6.45, 7) is 15.5. The fourth-order valence-electron chi connectivity index (χ4n) is 6.06. The fraction of sp³-hybridized carbons (Fsp3) is 0.500. The van der Waals surface area contributed by atoms with Gasteiger partial charge in [-0.3, -0.25) is 0 Å². The van der Waals surface area contributed by atoms with E-state index in [1.165, 1.54) is 58.5 Å². The first kappa shape index (κ1) is 38.9. The van der Waals surface area contributed by atoms with E-state index in [4.69, 9.17) is 18.9 Å². The van der Waals surface area contributed by atoms with E-state index in [0.29, 0.717) is 39.6 Å². The molecule has 8 heteroatoms. The van der Waals surface area contributed by atoms with Gasteiger partial charge in [-0.25, -0.2) is 0 Å². The lowest BCUT2D eigenvalue weighted by molar-refractivity contribution is -0.936. The number of fused-ring (bicyclic) bond motifs is 3. The molecule has 5 nitrogen and oxygen atoms in total. The molecule has 3 aromatic rings. The van der Waals surface area contributed by atoms with Gasteiger partial charge in [0.1, 0.15) is 6.54 Å². The van der Waals surface area contributed by atoms with Crippen LogP contribution in [0.3, 0.4) is 0 Å². The highest BCUT2D eigenvalue weighted by atomic mass is 79.9. The molecule has 0 N–H and O–H groups in total. The topological polar surface area (TPSA) is 36.9 Å². The molecule has 1 aliphatic carbocycles. The number of rotatable bonds is 17. The van der Waals surface area contributed by atoms with Crippen LogP contribution in [0.4, 0.5) is 0 Å². The Balaban J connectivity index is 0.000000380. The molecule has 1 aliphatic rings. The van der Waals surface area contributed by atoms with Crippen molar-refractivity contribution in [3.8, 4) is 11.1 Å². The average molecular weight is 756 g/mol. The van der Waals surface area contributed by atoms with Gasteiger partial charge in [0.15, 0.2) is 0 Å². The first-order valence-corrected chi connectivity index (χ1v) is 17.1. The second-order valence-corrected chi connectivity index (χ2v) is 12.9. The summed E-state index contributed by atoms with van der Waals surface area (Å²) in [5, 5.41) is 0. The zero-order valence-corrected chi connectivity index (χ0v) is 31.0. The molecule has 244 valence electrons. The molecule has 4 rings (SSSR count). The number of methoxy groups -OCH3 is 2. The summed E-state index contributed by atoms with van der Waals surface area (Å²) in [5.74, 6) is 0. The Morgan fingerprint density at radius 1 is 0.614 bits per heavy atom. The molecular weight excluding hydrogens is 706 g/mol. The first-order chi connectivity index (χ1) is 20.9. The number of benzene rings is 3. The Kier molecular flexibility index (Phi) is 17.7. The highest BCUT2D eigenvalue weighted by Gasteiger charge is 2.43. The zero-order chi connectivity index (χ0) is 31.1. The predicted octanol–water partition coefficient (Wildman–Crippen LogP) is 5.65. The second-order valence-electron chi connectivity index (χ2n) is 11.1. The molecule has 0 heterocycles. The van der Waals surface area contributed by atoms with E-state index >= 15 is 0 Å². The summed E-state index contributed by atoms with van der Waals surface area (Å²) in [6.07, 6.45) is 1.77. The van der Waals surface area contributed by atoms with Gasteiger partial charge in [0.25, 0.3) is 0 Å². The minimum absolute atomic E-state index is 0. The summed E-state index contributed by atoms with van der Waals surface area (Å²) < 4.78 is 25.4. The Hall–Kier alpha value is -1.29. The molecule has 0 radical (unpaired) electrons. The number of hydrogen-bond acceptors (Lipinski definition) is 4. The minimum Gasteiger partial charge on any atom is -1.00 e. The summed E-state index contributed by atoms with van der Waals surface area (Å²) >= 11 is 7.35. The third-order valence-electron chi connectivity index (χ3n) is 8.87. The lowest BCUT2D eigenvalue weighted by Gasteiger charge is -2.35.